The number of carbonyl (C=O) groups excluding carboxylic acids is 1. The van der Waals surface area contributed by atoms with Crippen LogP contribution in [0.15, 0.2) is 29.3 Å². The minimum Gasteiger partial charge on any atom is -0.490 e. The summed E-state index contributed by atoms with van der Waals surface area (Å²) >= 11 is 0. The van der Waals surface area contributed by atoms with E-state index < -0.39 is 23.2 Å². The van der Waals surface area contributed by atoms with Crippen LogP contribution in [-0.2, 0) is 25.2 Å². The largest absolute Gasteiger partial charge is 0.490 e. The normalized spacial score (nSPS) is 16.0. The zero-order valence-corrected chi connectivity index (χ0v) is 20.7. The molecule has 1 aliphatic carbocycles. The van der Waals surface area contributed by atoms with E-state index in [4.69, 9.17) is 9.84 Å². The van der Waals surface area contributed by atoms with Crippen LogP contribution in [0.5, 0.6) is 5.75 Å². The maximum Gasteiger partial charge on any atom is 0.416 e. The van der Waals surface area contributed by atoms with Gasteiger partial charge in [0.25, 0.3) is 5.91 Å². The predicted octanol–water partition coefficient (Wildman–Crippen LogP) is 3.95. The molecule has 2 N–H and O–H groups in total. The van der Waals surface area contributed by atoms with Gasteiger partial charge in [-0.1, -0.05) is 6.92 Å². The highest BCUT2D eigenvalue weighted by Crippen LogP contribution is 2.47. The Morgan fingerprint density at radius 3 is 2.43 bits per heavy atom. The molecule has 1 aromatic heterocycles. The molecule has 1 saturated carbocycles. The Hall–Kier alpha value is -2.59. The van der Waals surface area contributed by atoms with Crippen molar-refractivity contribution in [3.63, 3.8) is 0 Å². The SMILES string of the molecule is Cn1c(C2(C)CC2)c/c(=N\C(=O)c2cc(C(F)(F)F)ccc2OCC(C)(C)O)n1CCCCCO. The lowest BCUT2D eigenvalue weighted by molar-refractivity contribution is -0.137. The van der Waals surface area contributed by atoms with Crippen molar-refractivity contribution in [1.29, 1.82) is 0 Å². The fourth-order valence-corrected chi connectivity index (χ4v) is 3.91. The number of halogens is 3. The highest BCUT2D eigenvalue weighted by molar-refractivity contribution is 5.97. The number of alkyl halides is 3. The average Bonchev–Trinajstić information content (AvgIpc) is 3.43. The monoisotopic (exact) mass is 497 g/mol. The molecule has 1 aromatic carbocycles. The Kier molecular flexibility index (Phi) is 7.86. The van der Waals surface area contributed by atoms with Gasteiger partial charge in [-0.05, 0) is 64.2 Å². The Morgan fingerprint density at radius 1 is 1.17 bits per heavy atom. The molecule has 7 nitrogen and oxygen atoms in total. The van der Waals surface area contributed by atoms with Crippen molar-refractivity contribution in [3.8, 4) is 5.75 Å². The molecule has 3 rings (SSSR count). The van der Waals surface area contributed by atoms with Gasteiger partial charge in [0.15, 0.2) is 5.49 Å². The van der Waals surface area contributed by atoms with Crippen LogP contribution in [0.2, 0.25) is 0 Å². The van der Waals surface area contributed by atoms with Gasteiger partial charge in [0.2, 0.25) is 0 Å². The van der Waals surface area contributed by atoms with E-state index in [1.165, 1.54) is 13.8 Å². The molecular weight excluding hydrogens is 463 g/mol. The van der Waals surface area contributed by atoms with E-state index in [-0.39, 0.29) is 29.9 Å². The molecule has 0 spiro atoms. The van der Waals surface area contributed by atoms with Gasteiger partial charge in [0.05, 0.1) is 16.7 Å². The van der Waals surface area contributed by atoms with Crippen molar-refractivity contribution in [2.75, 3.05) is 13.2 Å². The first kappa shape index (κ1) is 27.0. The number of aliphatic hydroxyl groups is 2. The number of aromatic nitrogens is 2. The van der Waals surface area contributed by atoms with Crippen LogP contribution >= 0.6 is 0 Å². The van der Waals surface area contributed by atoms with Crippen LogP contribution in [0.4, 0.5) is 13.2 Å². The zero-order valence-electron chi connectivity index (χ0n) is 20.7. The Labute approximate surface area is 202 Å². The maximum atomic E-state index is 13.4. The van der Waals surface area contributed by atoms with Gasteiger partial charge >= 0.3 is 6.18 Å². The summed E-state index contributed by atoms with van der Waals surface area (Å²) in [5.41, 5.74) is -1.20. The molecule has 10 heteroatoms. The smallest absolute Gasteiger partial charge is 0.416 e. The van der Waals surface area contributed by atoms with E-state index in [1.54, 1.807) is 0 Å². The number of benzene rings is 1. The van der Waals surface area contributed by atoms with Crippen molar-refractivity contribution >= 4 is 5.91 Å². The summed E-state index contributed by atoms with van der Waals surface area (Å²) < 4.78 is 49.4. The lowest BCUT2D eigenvalue weighted by Gasteiger charge is -2.19. The lowest BCUT2D eigenvalue weighted by Crippen LogP contribution is -2.28. The van der Waals surface area contributed by atoms with E-state index >= 15 is 0 Å². The van der Waals surface area contributed by atoms with E-state index in [0.717, 1.165) is 49.6 Å². The van der Waals surface area contributed by atoms with Gasteiger partial charge in [0.1, 0.15) is 12.4 Å². The molecule has 0 aliphatic heterocycles. The second-order valence-corrected chi connectivity index (χ2v) is 10.1. The summed E-state index contributed by atoms with van der Waals surface area (Å²) in [7, 11) is 1.89. The summed E-state index contributed by atoms with van der Waals surface area (Å²) in [6, 6.07) is 4.49. The van der Waals surface area contributed by atoms with Gasteiger partial charge in [-0.2, -0.15) is 18.2 Å². The topological polar surface area (TPSA) is 89.0 Å². The van der Waals surface area contributed by atoms with Crippen LogP contribution in [0.25, 0.3) is 0 Å². The van der Waals surface area contributed by atoms with Crippen LogP contribution in [-0.4, -0.2) is 44.3 Å². The third-order valence-electron chi connectivity index (χ3n) is 6.22. The number of unbranched alkanes of at least 4 members (excludes halogenated alkanes) is 2. The molecule has 2 aromatic rings. The first-order valence-corrected chi connectivity index (χ1v) is 11.8. The molecule has 0 bridgehead atoms. The molecule has 0 atom stereocenters. The van der Waals surface area contributed by atoms with Gasteiger partial charge in [-0.3, -0.25) is 14.2 Å². The Balaban J connectivity index is 2.04. The second kappa shape index (κ2) is 10.2. The van der Waals surface area contributed by atoms with Crippen molar-refractivity contribution in [2.24, 2.45) is 12.0 Å². The Morgan fingerprint density at radius 2 is 1.86 bits per heavy atom. The minimum absolute atomic E-state index is 0.0183. The number of aliphatic hydroxyl groups excluding tert-OH is 1. The molecule has 0 unspecified atom stereocenters. The lowest BCUT2D eigenvalue weighted by atomic mass is 10.1. The number of nitrogens with zero attached hydrogens (tertiary/aromatic N) is 3. The molecule has 35 heavy (non-hydrogen) atoms. The van der Waals surface area contributed by atoms with Gasteiger partial charge in [-0.15, -0.1) is 0 Å². The van der Waals surface area contributed by atoms with Crippen LogP contribution in [0.3, 0.4) is 0 Å². The predicted molar refractivity (Wildman–Crippen MR) is 124 cm³/mol. The molecule has 194 valence electrons. The summed E-state index contributed by atoms with van der Waals surface area (Å²) in [6.07, 6.45) is -0.433. The van der Waals surface area contributed by atoms with Gasteiger partial charge in [0, 0.05) is 37.4 Å². The number of rotatable bonds is 10. The number of amides is 1. The quantitative estimate of drug-likeness (QED) is 0.487. The van der Waals surface area contributed by atoms with Gasteiger partial charge in [-0.25, -0.2) is 0 Å². The van der Waals surface area contributed by atoms with E-state index in [0.29, 0.717) is 18.5 Å². The van der Waals surface area contributed by atoms with E-state index in [9.17, 15) is 23.1 Å². The molecule has 0 saturated heterocycles. The standard InChI is InChI=1S/C25H34F3N3O4/c1-23(2,34)16-35-19-9-8-17(25(26,27)28)14-18(19)22(33)29-21-15-20(24(3)10-11-24)30(4)31(21)12-6-5-7-13-32/h8-9,14-15,32,34H,5-7,10-13,16H2,1-4H3/b29-21+. The minimum atomic E-state index is -4.64. The molecule has 1 aliphatic rings. The number of hydrogen-bond donors (Lipinski definition) is 2. The summed E-state index contributed by atoms with van der Waals surface area (Å²) in [5, 5.41) is 19.0. The Bertz CT molecular complexity index is 1120. The van der Waals surface area contributed by atoms with Crippen molar-refractivity contribution in [1.82, 2.24) is 9.36 Å². The van der Waals surface area contributed by atoms with Crippen LogP contribution in [0, 0.1) is 0 Å². The third-order valence-corrected chi connectivity index (χ3v) is 6.22. The van der Waals surface area contributed by atoms with E-state index in [2.05, 4.69) is 11.9 Å². The first-order valence-electron chi connectivity index (χ1n) is 11.8. The fraction of sp³-hybridized carbons (Fsp3) is 0.600. The van der Waals surface area contributed by atoms with Crippen molar-refractivity contribution in [2.45, 2.75) is 76.6 Å². The maximum absolute atomic E-state index is 13.4. The molecular formula is C25H34F3N3O4. The highest BCUT2D eigenvalue weighted by atomic mass is 19.4. The first-order chi connectivity index (χ1) is 16.2. The highest BCUT2D eigenvalue weighted by Gasteiger charge is 2.42. The van der Waals surface area contributed by atoms with Crippen molar-refractivity contribution in [3.05, 3.63) is 46.6 Å². The average molecular weight is 498 g/mol. The molecule has 1 fully saturated rings. The van der Waals surface area contributed by atoms with Gasteiger partial charge < -0.3 is 14.9 Å². The molecule has 1 amide bonds. The third kappa shape index (κ3) is 6.76. The zero-order chi connectivity index (χ0) is 26.0. The van der Waals surface area contributed by atoms with Crippen LogP contribution < -0.4 is 10.2 Å². The van der Waals surface area contributed by atoms with E-state index in [1.807, 2.05) is 22.5 Å². The number of hydrogen-bond acceptors (Lipinski definition) is 4. The molecule has 1 heterocycles. The number of ether oxygens (including phenoxy) is 1. The number of carbonyl (C=O) groups is 1. The van der Waals surface area contributed by atoms with Crippen molar-refractivity contribution < 1.29 is 32.9 Å². The summed E-state index contributed by atoms with van der Waals surface area (Å²) in [4.78, 5) is 17.4. The summed E-state index contributed by atoms with van der Waals surface area (Å²) in [5.74, 6) is -0.933. The second-order valence-electron chi connectivity index (χ2n) is 10.1. The fourth-order valence-electron chi connectivity index (χ4n) is 3.91. The molecule has 0 radical (unpaired) electrons. The summed E-state index contributed by atoms with van der Waals surface area (Å²) in [6.45, 7) is 5.54. The van der Waals surface area contributed by atoms with Crippen LogP contribution in [0.1, 0.15) is 74.5 Å².